The van der Waals surface area contributed by atoms with Gasteiger partial charge in [-0.25, -0.2) is 9.97 Å². The Balaban J connectivity index is 1.78. The first-order valence-corrected chi connectivity index (χ1v) is 6.33. The standard InChI is InChI=1S/C14H13N3O4/c1-19-13-7-10(15-8-16-13)14(18)17-9-2-3-11-12(6-9)21-5-4-20-11/h2-3,6-8H,4-5H2,1H3,(H,17,18). The molecular weight excluding hydrogens is 274 g/mol. The SMILES string of the molecule is COc1cc(C(=O)Nc2ccc3c(c2)OCCO3)ncn1. The van der Waals surface area contributed by atoms with Crippen LogP contribution in [-0.4, -0.2) is 36.2 Å². The van der Waals surface area contributed by atoms with E-state index in [0.717, 1.165) is 0 Å². The highest BCUT2D eigenvalue weighted by atomic mass is 16.6. The van der Waals surface area contributed by atoms with Crippen molar-refractivity contribution >= 4 is 11.6 Å². The van der Waals surface area contributed by atoms with E-state index < -0.39 is 0 Å². The Morgan fingerprint density at radius 3 is 2.81 bits per heavy atom. The maximum atomic E-state index is 12.1. The van der Waals surface area contributed by atoms with Crippen molar-refractivity contribution in [2.24, 2.45) is 0 Å². The van der Waals surface area contributed by atoms with Crippen LogP contribution in [0.3, 0.4) is 0 Å². The lowest BCUT2D eigenvalue weighted by molar-refractivity contribution is 0.102. The summed E-state index contributed by atoms with van der Waals surface area (Å²) in [6, 6.07) is 6.67. The second kappa shape index (κ2) is 5.66. The van der Waals surface area contributed by atoms with E-state index >= 15 is 0 Å². The Labute approximate surface area is 120 Å². The summed E-state index contributed by atoms with van der Waals surface area (Å²) in [6.07, 6.45) is 1.28. The number of nitrogens with one attached hydrogen (secondary N) is 1. The minimum absolute atomic E-state index is 0.219. The van der Waals surface area contributed by atoms with Gasteiger partial charge in [0.2, 0.25) is 5.88 Å². The largest absolute Gasteiger partial charge is 0.486 e. The molecule has 2 aromatic rings. The van der Waals surface area contributed by atoms with E-state index in [-0.39, 0.29) is 11.6 Å². The summed E-state index contributed by atoms with van der Waals surface area (Å²) in [5, 5.41) is 2.74. The van der Waals surface area contributed by atoms with Crippen molar-refractivity contribution in [1.29, 1.82) is 0 Å². The summed E-state index contributed by atoms with van der Waals surface area (Å²) in [5.41, 5.74) is 0.818. The molecule has 1 N–H and O–H groups in total. The molecule has 21 heavy (non-hydrogen) atoms. The van der Waals surface area contributed by atoms with Gasteiger partial charge in [0.1, 0.15) is 25.2 Å². The molecule has 1 aromatic carbocycles. The van der Waals surface area contributed by atoms with E-state index in [0.29, 0.717) is 36.3 Å². The molecule has 1 aromatic heterocycles. The Bertz CT molecular complexity index is 675. The molecule has 0 aliphatic carbocycles. The van der Waals surface area contributed by atoms with Crippen LogP contribution < -0.4 is 19.5 Å². The number of fused-ring (bicyclic) bond motifs is 1. The number of methoxy groups -OCH3 is 1. The number of carbonyl (C=O) groups excluding carboxylic acids is 1. The Hall–Kier alpha value is -2.83. The molecule has 1 amide bonds. The highest BCUT2D eigenvalue weighted by Crippen LogP contribution is 2.32. The van der Waals surface area contributed by atoms with Gasteiger partial charge in [0.15, 0.2) is 11.5 Å². The molecule has 7 heteroatoms. The van der Waals surface area contributed by atoms with Crippen molar-refractivity contribution in [2.45, 2.75) is 0 Å². The van der Waals surface area contributed by atoms with Gasteiger partial charge in [0, 0.05) is 17.8 Å². The molecule has 0 atom stereocenters. The lowest BCUT2D eigenvalue weighted by Gasteiger charge is -2.18. The summed E-state index contributed by atoms with van der Waals surface area (Å²) in [5.74, 6) is 1.26. The van der Waals surface area contributed by atoms with E-state index in [4.69, 9.17) is 14.2 Å². The third-order valence-corrected chi connectivity index (χ3v) is 2.88. The van der Waals surface area contributed by atoms with Crippen molar-refractivity contribution in [2.75, 3.05) is 25.6 Å². The first-order chi connectivity index (χ1) is 10.3. The van der Waals surface area contributed by atoms with Crippen LogP contribution >= 0.6 is 0 Å². The summed E-state index contributed by atoms with van der Waals surface area (Å²) in [4.78, 5) is 19.9. The fraction of sp³-hybridized carbons (Fsp3) is 0.214. The average Bonchev–Trinajstić information content (AvgIpc) is 2.54. The van der Waals surface area contributed by atoms with Crippen molar-refractivity contribution in [3.63, 3.8) is 0 Å². The zero-order valence-corrected chi connectivity index (χ0v) is 11.3. The summed E-state index contributed by atoms with van der Waals surface area (Å²) >= 11 is 0. The summed E-state index contributed by atoms with van der Waals surface area (Å²) in [7, 11) is 1.48. The zero-order valence-electron chi connectivity index (χ0n) is 11.3. The predicted octanol–water partition coefficient (Wildman–Crippen LogP) is 1.51. The number of carbonyl (C=O) groups is 1. The molecule has 0 bridgehead atoms. The van der Waals surface area contributed by atoms with Gasteiger partial charge in [-0.1, -0.05) is 0 Å². The zero-order chi connectivity index (χ0) is 14.7. The Morgan fingerprint density at radius 2 is 2.00 bits per heavy atom. The number of nitrogens with zero attached hydrogens (tertiary/aromatic N) is 2. The molecule has 2 heterocycles. The molecule has 0 radical (unpaired) electrons. The second-order valence-corrected chi connectivity index (χ2v) is 4.26. The van der Waals surface area contributed by atoms with Gasteiger partial charge < -0.3 is 19.5 Å². The van der Waals surface area contributed by atoms with Gasteiger partial charge in [-0.3, -0.25) is 4.79 Å². The fourth-order valence-corrected chi connectivity index (χ4v) is 1.89. The molecule has 0 saturated carbocycles. The van der Waals surface area contributed by atoms with Gasteiger partial charge in [0.25, 0.3) is 5.91 Å². The minimum Gasteiger partial charge on any atom is -0.486 e. The topological polar surface area (TPSA) is 82.6 Å². The van der Waals surface area contributed by atoms with Crippen LogP contribution in [0.25, 0.3) is 0 Å². The monoisotopic (exact) mass is 287 g/mol. The maximum absolute atomic E-state index is 12.1. The van der Waals surface area contributed by atoms with E-state index in [2.05, 4.69) is 15.3 Å². The number of hydrogen-bond acceptors (Lipinski definition) is 6. The molecule has 7 nitrogen and oxygen atoms in total. The summed E-state index contributed by atoms with van der Waals surface area (Å²) in [6.45, 7) is 1.02. The molecule has 0 unspecified atom stereocenters. The molecule has 1 aliphatic rings. The predicted molar refractivity (Wildman–Crippen MR) is 74.0 cm³/mol. The molecule has 0 saturated heterocycles. The van der Waals surface area contributed by atoms with E-state index in [1.165, 1.54) is 19.5 Å². The van der Waals surface area contributed by atoms with Crippen molar-refractivity contribution in [3.8, 4) is 17.4 Å². The first kappa shape index (κ1) is 13.2. The Morgan fingerprint density at radius 1 is 1.19 bits per heavy atom. The van der Waals surface area contributed by atoms with Crippen molar-refractivity contribution in [3.05, 3.63) is 36.3 Å². The maximum Gasteiger partial charge on any atom is 0.274 e. The van der Waals surface area contributed by atoms with Crippen LogP contribution in [0.15, 0.2) is 30.6 Å². The number of anilines is 1. The molecule has 108 valence electrons. The Kier molecular flexibility index (Phi) is 3.55. The second-order valence-electron chi connectivity index (χ2n) is 4.26. The minimum atomic E-state index is -0.354. The summed E-state index contributed by atoms with van der Waals surface area (Å²) < 4.78 is 15.9. The lowest BCUT2D eigenvalue weighted by atomic mass is 10.2. The van der Waals surface area contributed by atoms with Crippen LogP contribution in [0.2, 0.25) is 0 Å². The van der Waals surface area contributed by atoms with Gasteiger partial charge >= 0.3 is 0 Å². The number of benzene rings is 1. The van der Waals surface area contributed by atoms with Gasteiger partial charge in [-0.2, -0.15) is 0 Å². The third kappa shape index (κ3) is 2.86. The molecule has 3 rings (SSSR count). The molecular formula is C14H13N3O4. The van der Waals surface area contributed by atoms with Crippen LogP contribution in [0.4, 0.5) is 5.69 Å². The van der Waals surface area contributed by atoms with Gasteiger partial charge in [0.05, 0.1) is 7.11 Å². The van der Waals surface area contributed by atoms with Crippen LogP contribution in [0, 0.1) is 0 Å². The molecule has 0 spiro atoms. The number of hydrogen-bond donors (Lipinski definition) is 1. The quantitative estimate of drug-likeness (QED) is 0.921. The van der Waals surface area contributed by atoms with Gasteiger partial charge in [-0.15, -0.1) is 0 Å². The molecule has 0 fully saturated rings. The highest BCUT2D eigenvalue weighted by molar-refractivity contribution is 6.03. The number of amides is 1. The van der Waals surface area contributed by atoms with Gasteiger partial charge in [-0.05, 0) is 12.1 Å². The highest BCUT2D eigenvalue weighted by Gasteiger charge is 2.14. The van der Waals surface area contributed by atoms with Crippen LogP contribution in [0.5, 0.6) is 17.4 Å². The molecule has 1 aliphatic heterocycles. The van der Waals surface area contributed by atoms with Crippen LogP contribution in [-0.2, 0) is 0 Å². The van der Waals surface area contributed by atoms with Crippen LogP contribution in [0.1, 0.15) is 10.5 Å². The smallest absolute Gasteiger partial charge is 0.274 e. The average molecular weight is 287 g/mol. The lowest BCUT2D eigenvalue weighted by Crippen LogP contribution is -2.17. The first-order valence-electron chi connectivity index (χ1n) is 6.33. The van der Waals surface area contributed by atoms with E-state index in [1.807, 2.05) is 0 Å². The third-order valence-electron chi connectivity index (χ3n) is 2.88. The normalized spacial score (nSPS) is 12.6. The van der Waals surface area contributed by atoms with Crippen molar-refractivity contribution in [1.82, 2.24) is 9.97 Å². The number of aromatic nitrogens is 2. The number of rotatable bonds is 3. The number of ether oxygens (including phenoxy) is 3. The fourth-order valence-electron chi connectivity index (χ4n) is 1.89. The van der Waals surface area contributed by atoms with E-state index in [1.54, 1.807) is 18.2 Å². The van der Waals surface area contributed by atoms with Crippen molar-refractivity contribution < 1.29 is 19.0 Å². The van der Waals surface area contributed by atoms with E-state index in [9.17, 15) is 4.79 Å².